The minimum absolute atomic E-state index is 0.137. The Balaban J connectivity index is 1.93. The Morgan fingerprint density at radius 1 is 0.875 bits per heavy atom. The van der Waals surface area contributed by atoms with E-state index in [2.05, 4.69) is 26.5 Å². The number of methoxy groups -OCH3 is 1. The Morgan fingerprint density at radius 3 is 2.16 bits per heavy atom. The van der Waals surface area contributed by atoms with Crippen LogP contribution < -0.4 is 26.1 Å². The first-order valence-corrected chi connectivity index (χ1v) is 9.65. The maximum absolute atomic E-state index is 12.3. The summed E-state index contributed by atoms with van der Waals surface area (Å²) in [5, 5.41) is 11.5. The van der Waals surface area contributed by atoms with Crippen LogP contribution in [0.2, 0.25) is 0 Å². The van der Waals surface area contributed by atoms with Crippen molar-refractivity contribution in [2.75, 3.05) is 23.1 Å². The van der Waals surface area contributed by atoms with Gasteiger partial charge in [0.15, 0.2) is 0 Å². The molecule has 0 radical (unpaired) electrons. The first-order chi connectivity index (χ1) is 15.2. The van der Waals surface area contributed by atoms with E-state index in [4.69, 9.17) is 4.74 Å². The van der Waals surface area contributed by atoms with E-state index in [0.29, 0.717) is 22.8 Å². The minimum atomic E-state index is -0.996. The fraction of sp³-hybridized carbons (Fsp3) is 0.227. The zero-order chi connectivity index (χ0) is 23.7. The van der Waals surface area contributed by atoms with Crippen molar-refractivity contribution >= 4 is 46.4 Å². The molecule has 10 nitrogen and oxygen atoms in total. The van der Waals surface area contributed by atoms with Crippen LogP contribution in [0.1, 0.15) is 25.8 Å². The third-order valence-electron chi connectivity index (χ3n) is 4.09. The summed E-state index contributed by atoms with van der Waals surface area (Å²) in [5.74, 6) is -2.20. The number of amides is 4. The maximum atomic E-state index is 12.3. The van der Waals surface area contributed by atoms with Crippen LogP contribution in [-0.4, -0.2) is 36.5 Å². The molecule has 0 aliphatic heterocycles. The van der Waals surface area contributed by atoms with Crippen molar-refractivity contribution in [3.8, 4) is 5.75 Å². The number of ether oxygens (including phenoxy) is 1. The Kier molecular flexibility index (Phi) is 8.46. The van der Waals surface area contributed by atoms with Crippen molar-refractivity contribution < 1.29 is 23.9 Å². The average molecular weight is 439 g/mol. The minimum Gasteiger partial charge on any atom is -0.495 e. The Hall–Kier alpha value is -4.21. The Labute approximate surface area is 185 Å². The lowest BCUT2D eigenvalue weighted by atomic mass is 10.2. The van der Waals surface area contributed by atoms with Gasteiger partial charge in [-0.1, -0.05) is 18.2 Å². The first kappa shape index (κ1) is 24.1. The summed E-state index contributed by atoms with van der Waals surface area (Å²) in [6.45, 7) is 4.73. The first-order valence-electron chi connectivity index (χ1n) is 9.65. The summed E-state index contributed by atoms with van der Waals surface area (Å²) in [4.78, 5) is 47.7. The Morgan fingerprint density at radius 2 is 1.53 bits per heavy atom. The van der Waals surface area contributed by atoms with E-state index >= 15 is 0 Å². The van der Waals surface area contributed by atoms with Gasteiger partial charge < -0.3 is 20.7 Å². The molecule has 0 saturated heterocycles. The number of para-hydroxylation sites is 2. The number of hydrogen-bond acceptors (Lipinski definition) is 6. The van der Waals surface area contributed by atoms with Crippen molar-refractivity contribution in [3.05, 3.63) is 48.0 Å². The lowest BCUT2D eigenvalue weighted by Gasteiger charge is -2.11. The zero-order valence-corrected chi connectivity index (χ0v) is 18.2. The van der Waals surface area contributed by atoms with Gasteiger partial charge in [0.2, 0.25) is 11.8 Å². The smallest absolute Gasteiger partial charge is 0.329 e. The quantitative estimate of drug-likeness (QED) is 0.298. The van der Waals surface area contributed by atoms with Crippen molar-refractivity contribution in [1.82, 2.24) is 5.43 Å². The van der Waals surface area contributed by atoms with Crippen LogP contribution in [0, 0.1) is 6.92 Å². The topological polar surface area (TPSA) is 138 Å². The van der Waals surface area contributed by atoms with Gasteiger partial charge in [-0.2, -0.15) is 5.10 Å². The summed E-state index contributed by atoms with van der Waals surface area (Å²) in [6, 6.07) is 11.9. The van der Waals surface area contributed by atoms with Crippen LogP contribution in [0.25, 0.3) is 0 Å². The normalized spacial score (nSPS) is 10.7. The molecule has 32 heavy (non-hydrogen) atoms. The summed E-state index contributed by atoms with van der Waals surface area (Å²) in [7, 11) is 1.45. The molecular weight excluding hydrogens is 414 g/mol. The number of nitrogens with zero attached hydrogens (tertiary/aromatic N) is 1. The van der Waals surface area contributed by atoms with E-state index in [1.807, 2.05) is 13.0 Å². The molecule has 4 amide bonds. The monoisotopic (exact) mass is 439 g/mol. The molecule has 0 aromatic heterocycles. The van der Waals surface area contributed by atoms with Crippen LogP contribution in [0.5, 0.6) is 5.75 Å². The number of hydrazone groups is 1. The molecule has 0 bridgehead atoms. The van der Waals surface area contributed by atoms with Crippen LogP contribution in [0.4, 0.5) is 17.1 Å². The molecule has 0 atom stereocenters. The van der Waals surface area contributed by atoms with Gasteiger partial charge >= 0.3 is 11.8 Å². The highest BCUT2D eigenvalue weighted by Gasteiger charge is 2.16. The number of carbonyl (C=O) groups excluding carboxylic acids is 4. The van der Waals surface area contributed by atoms with E-state index in [1.54, 1.807) is 36.4 Å². The largest absolute Gasteiger partial charge is 0.495 e. The zero-order valence-electron chi connectivity index (χ0n) is 18.2. The van der Waals surface area contributed by atoms with Gasteiger partial charge in [-0.15, -0.1) is 0 Å². The fourth-order valence-electron chi connectivity index (χ4n) is 2.65. The molecule has 0 aliphatic carbocycles. The third-order valence-corrected chi connectivity index (χ3v) is 4.09. The molecule has 10 heteroatoms. The molecule has 2 aromatic rings. The second-order valence-corrected chi connectivity index (χ2v) is 6.90. The van der Waals surface area contributed by atoms with Gasteiger partial charge in [0.05, 0.1) is 30.6 Å². The van der Waals surface area contributed by atoms with Crippen molar-refractivity contribution in [2.45, 2.75) is 27.2 Å². The molecular formula is C22H25N5O5. The van der Waals surface area contributed by atoms with E-state index in [-0.39, 0.29) is 18.0 Å². The van der Waals surface area contributed by atoms with Crippen molar-refractivity contribution in [1.29, 1.82) is 0 Å². The molecule has 2 rings (SSSR count). The van der Waals surface area contributed by atoms with Crippen LogP contribution >= 0.6 is 0 Å². The highest BCUT2D eigenvalue weighted by molar-refractivity contribution is 6.39. The lowest BCUT2D eigenvalue weighted by Crippen LogP contribution is -2.33. The molecule has 2 aromatic carbocycles. The summed E-state index contributed by atoms with van der Waals surface area (Å²) in [5.41, 5.74) is 4.51. The average Bonchev–Trinajstić information content (AvgIpc) is 2.73. The molecule has 4 N–H and O–H groups in total. The molecule has 0 heterocycles. The molecule has 0 unspecified atom stereocenters. The fourth-order valence-corrected chi connectivity index (χ4v) is 2.65. The summed E-state index contributed by atoms with van der Waals surface area (Å²) in [6.07, 6.45) is -0.137. The van der Waals surface area contributed by atoms with E-state index < -0.39 is 17.7 Å². The molecule has 0 saturated carbocycles. The van der Waals surface area contributed by atoms with E-state index in [9.17, 15) is 19.2 Å². The lowest BCUT2D eigenvalue weighted by molar-refractivity contribution is -0.136. The van der Waals surface area contributed by atoms with Crippen LogP contribution in [0.15, 0.2) is 47.6 Å². The molecule has 0 aliphatic rings. The predicted molar refractivity (Wildman–Crippen MR) is 122 cm³/mol. The highest BCUT2D eigenvalue weighted by atomic mass is 16.5. The number of carbonyl (C=O) groups is 4. The van der Waals surface area contributed by atoms with Gasteiger partial charge in [-0.25, -0.2) is 5.43 Å². The second kappa shape index (κ2) is 11.3. The predicted octanol–water partition coefficient (Wildman–Crippen LogP) is 2.42. The standard InChI is InChI=1S/C22H25N5O5/c1-13-9-10-19(32-4)18(11-13)25-21(30)22(31)27-26-14(2)12-20(29)24-17-8-6-5-7-16(17)23-15(3)28/h5-11H,12H2,1-4H3,(H,23,28)(H,24,29)(H,25,30)(H,27,31). The van der Waals surface area contributed by atoms with Crippen LogP contribution in [-0.2, 0) is 19.2 Å². The number of nitrogens with one attached hydrogen (secondary N) is 4. The van der Waals surface area contributed by atoms with E-state index in [0.717, 1.165) is 5.56 Å². The number of aryl methyl sites for hydroxylation is 1. The maximum Gasteiger partial charge on any atom is 0.329 e. The van der Waals surface area contributed by atoms with Gasteiger partial charge in [-0.3, -0.25) is 19.2 Å². The van der Waals surface area contributed by atoms with Crippen molar-refractivity contribution in [2.24, 2.45) is 5.10 Å². The van der Waals surface area contributed by atoms with Gasteiger partial charge in [0.1, 0.15) is 5.75 Å². The van der Waals surface area contributed by atoms with E-state index in [1.165, 1.54) is 21.0 Å². The van der Waals surface area contributed by atoms with Gasteiger partial charge in [0, 0.05) is 12.6 Å². The summed E-state index contributed by atoms with van der Waals surface area (Å²) < 4.78 is 5.16. The molecule has 168 valence electrons. The number of anilines is 3. The SMILES string of the molecule is COc1ccc(C)cc1NC(=O)C(=O)NN=C(C)CC(=O)Nc1ccccc1NC(C)=O. The Bertz CT molecular complexity index is 1060. The third kappa shape index (κ3) is 7.24. The number of benzene rings is 2. The van der Waals surface area contributed by atoms with Gasteiger partial charge in [-0.05, 0) is 43.7 Å². The highest BCUT2D eigenvalue weighted by Crippen LogP contribution is 2.25. The summed E-state index contributed by atoms with van der Waals surface area (Å²) >= 11 is 0. The molecule has 0 spiro atoms. The number of rotatable bonds is 7. The van der Waals surface area contributed by atoms with Crippen LogP contribution in [0.3, 0.4) is 0 Å². The molecule has 0 fully saturated rings. The van der Waals surface area contributed by atoms with Crippen molar-refractivity contribution in [3.63, 3.8) is 0 Å². The van der Waals surface area contributed by atoms with Gasteiger partial charge in [0.25, 0.3) is 0 Å². The number of hydrogen-bond donors (Lipinski definition) is 4. The second-order valence-electron chi connectivity index (χ2n) is 6.90.